The van der Waals surface area contributed by atoms with Crippen molar-refractivity contribution in [3.63, 3.8) is 0 Å². The molecule has 0 saturated carbocycles. The summed E-state index contributed by atoms with van der Waals surface area (Å²) in [5, 5.41) is 2.61. The molecule has 2 aromatic rings. The van der Waals surface area contributed by atoms with Crippen molar-refractivity contribution in [2.45, 2.75) is 13.5 Å². The van der Waals surface area contributed by atoms with Crippen LogP contribution in [-0.4, -0.2) is 54.0 Å². The van der Waals surface area contributed by atoms with Gasteiger partial charge in [0.05, 0.1) is 11.4 Å². The topological polar surface area (TPSA) is 87.4 Å². The monoisotopic (exact) mass is 340 g/mol. The van der Waals surface area contributed by atoms with E-state index in [0.29, 0.717) is 11.5 Å². The first-order chi connectivity index (χ1) is 12.1. The predicted octanol–water partition coefficient (Wildman–Crippen LogP) is 1.05. The highest BCUT2D eigenvalue weighted by Crippen LogP contribution is 2.21. The predicted molar refractivity (Wildman–Crippen MR) is 98.5 cm³/mol. The van der Waals surface area contributed by atoms with E-state index in [-0.39, 0.29) is 5.91 Å². The minimum atomic E-state index is -0.156. The second kappa shape index (κ2) is 7.48. The zero-order valence-electron chi connectivity index (χ0n) is 14.7. The Morgan fingerprint density at radius 1 is 1.24 bits per heavy atom. The van der Waals surface area contributed by atoms with Crippen molar-refractivity contribution in [2.24, 2.45) is 0 Å². The fourth-order valence-electron chi connectivity index (χ4n) is 3.14. The van der Waals surface area contributed by atoms with Crippen molar-refractivity contribution in [2.75, 3.05) is 43.9 Å². The average molecular weight is 340 g/mol. The molecule has 1 amide bonds. The van der Waals surface area contributed by atoms with E-state index in [1.165, 1.54) is 5.56 Å². The Kier molecular flexibility index (Phi) is 5.14. The van der Waals surface area contributed by atoms with Crippen molar-refractivity contribution >= 4 is 17.4 Å². The van der Waals surface area contributed by atoms with Crippen LogP contribution in [0.15, 0.2) is 30.5 Å². The number of nitrogen functional groups attached to an aromatic ring is 1. The smallest absolute Gasteiger partial charge is 0.269 e. The Morgan fingerprint density at radius 2 is 2.00 bits per heavy atom. The van der Waals surface area contributed by atoms with E-state index in [2.05, 4.69) is 25.1 Å². The molecule has 1 fully saturated rings. The van der Waals surface area contributed by atoms with Crippen LogP contribution < -0.4 is 16.0 Å². The van der Waals surface area contributed by atoms with Crippen LogP contribution >= 0.6 is 0 Å². The van der Waals surface area contributed by atoms with Crippen molar-refractivity contribution in [3.8, 4) is 0 Å². The molecule has 0 bridgehead atoms. The van der Waals surface area contributed by atoms with E-state index in [1.54, 1.807) is 19.3 Å². The maximum Gasteiger partial charge on any atom is 0.269 e. The Bertz CT molecular complexity index is 755. The fourth-order valence-corrected chi connectivity index (χ4v) is 3.14. The molecule has 3 N–H and O–H groups in total. The summed E-state index contributed by atoms with van der Waals surface area (Å²) in [7, 11) is 1.61. The first-order valence-electron chi connectivity index (χ1n) is 8.44. The van der Waals surface area contributed by atoms with Gasteiger partial charge >= 0.3 is 0 Å². The third-order valence-electron chi connectivity index (χ3n) is 4.48. The van der Waals surface area contributed by atoms with E-state index in [0.717, 1.165) is 44.1 Å². The maximum atomic E-state index is 11.7. The molecule has 0 atom stereocenters. The molecule has 0 radical (unpaired) electrons. The quantitative estimate of drug-likeness (QED) is 0.865. The zero-order valence-corrected chi connectivity index (χ0v) is 14.7. The van der Waals surface area contributed by atoms with Gasteiger partial charge in [-0.3, -0.25) is 9.69 Å². The number of rotatable bonds is 4. The highest BCUT2D eigenvalue weighted by Gasteiger charge is 2.19. The molecule has 7 nitrogen and oxygen atoms in total. The third kappa shape index (κ3) is 4.06. The first-order valence-corrected chi connectivity index (χ1v) is 8.44. The van der Waals surface area contributed by atoms with Crippen LogP contribution in [-0.2, 0) is 6.54 Å². The highest BCUT2D eigenvalue weighted by molar-refractivity contribution is 5.92. The van der Waals surface area contributed by atoms with E-state index in [9.17, 15) is 4.79 Å². The summed E-state index contributed by atoms with van der Waals surface area (Å²) >= 11 is 0. The zero-order chi connectivity index (χ0) is 17.8. The Hall–Kier alpha value is -2.67. The lowest BCUT2D eigenvalue weighted by atomic mass is 10.2. The molecule has 1 saturated heterocycles. The minimum absolute atomic E-state index is 0.156. The van der Waals surface area contributed by atoms with Crippen molar-refractivity contribution in [1.82, 2.24) is 20.2 Å². The van der Waals surface area contributed by atoms with Gasteiger partial charge < -0.3 is 16.0 Å². The van der Waals surface area contributed by atoms with Crippen LogP contribution in [0.4, 0.5) is 11.5 Å². The lowest BCUT2D eigenvalue weighted by Crippen LogP contribution is -2.46. The number of amides is 1. The number of aryl methyl sites for hydroxylation is 1. The minimum Gasteiger partial charge on any atom is -0.384 e. The number of carbonyl (C=O) groups is 1. The Labute approximate surface area is 147 Å². The van der Waals surface area contributed by atoms with Crippen molar-refractivity contribution < 1.29 is 4.79 Å². The number of hydrogen-bond donors (Lipinski definition) is 2. The molecule has 3 heterocycles. The lowest BCUT2D eigenvalue weighted by Gasteiger charge is -2.36. The summed E-state index contributed by atoms with van der Waals surface area (Å²) in [5.41, 5.74) is 9.38. The van der Waals surface area contributed by atoms with Crippen LogP contribution in [0.5, 0.6) is 0 Å². The van der Waals surface area contributed by atoms with Gasteiger partial charge in [0.1, 0.15) is 11.5 Å². The van der Waals surface area contributed by atoms with Gasteiger partial charge in [0, 0.05) is 46.0 Å². The van der Waals surface area contributed by atoms with Gasteiger partial charge in [0.15, 0.2) is 0 Å². The van der Waals surface area contributed by atoms with Crippen LogP contribution in [0.25, 0.3) is 0 Å². The maximum absolute atomic E-state index is 11.7. The third-order valence-corrected chi connectivity index (χ3v) is 4.48. The Balaban J connectivity index is 1.61. The molecule has 0 aliphatic carbocycles. The number of carbonyl (C=O) groups excluding carboxylic acids is 1. The highest BCUT2D eigenvalue weighted by atomic mass is 16.1. The molecule has 2 aromatic heterocycles. The van der Waals surface area contributed by atoms with Gasteiger partial charge in [0.25, 0.3) is 5.91 Å². The summed E-state index contributed by atoms with van der Waals surface area (Å²) in [6.07, 6.45) is 1.75. The standard InChI is InChI=1S/C18H24N6O/c1-13-16(4-3-15(22-13)18(25)20-2)24-9-7-23(8-10-24)12-14-5-6-21-17(19)11-14/h3-6,11H,7-10,12H2,1-2H3,(H2,19,21)(H,20,25). The second-order valence-corrected chi connectivity index (χ2v) is 6.23. The number of nitrogens with one attached hydrogen (secondary N) is 1. The summed E-state index contributed by atoms with van der Waals surface area (Å²) in [6, 6.07) is 7.71. The molecule has 0 aromatic carbocycles. The van der Waals surface area contributed by atoms with Crippen LogP contribution in [0.3, 0.4) is 0 Å². The molecule has 3 rings (SSSR count). The van der Waals surface area contributed by atoms with E-state index >= 15 is 0 Å². The number of hydrogen-bond acceptors (Lipinski definition) is 6. The van der Waals surface area contributed by atoms with Crippen LogP contribution in [0.2, 0.25) is 0 Å². The molecule has 0 spiro atoms. The average Bonchev–Trinajstić information content (AvgIpc) is 2.62. The van der Waals surface area contributed by atoms with E-state index in [1.807, 2.05) is 25.1 Å². The van der Waals surface area contributed by atoms with E-state index < -0.39 is 0 Å². The number of nitrogens with zero attached hydrogens (tertiary/aromatic N) is 4. The molecule has 132 valence electrons. The number of aromatic nitrogens is 2. The molecular formula is C18H24N6O. The van der Waals surface area contributed by atoms with Gasteiger partial charge in [-0.15, -0.1) is 0 Å². The largest absolute Gasteiger partial charge is 0.384 e. The van der Waals surface area contributed by atoms with Crippen molar-refractivity contribution in [3.05, 3.63) is 47.4 Å². The summed E-state index contributed by atoms with van der Waals surface area (Å²) in [5.74, 6) is 0.408. The fraction of sp³-hybridized carbons (Fsp3) is 0.389. The lowest BCUT2D eigenvalue weighted by molar-refractivity contribution is 0.0958. The molecule has 1 aliphatic rings. The summed E-state index contributed by atoms with van der Waals surface area (Å²) in [6.45, 7) is 6.64. The van der Waals surface area contributed by atoms with Crippen LogP contribution in [0, 0.1) is 6.92 Å². The van der Waals surface area contributed by atoms with Gasteiger partial charge in [0.2, 0.25) is 0 Å². The number of piperazine rings is 1. The molecular weight excluding hydrogens is 316 g/mol. The number of nitrogens with two attached hydrogens (primary N) is 1. The number of anilines is 2. The van der Waals surface area contributed by atoms with Gasteiger partial charge in [-0.2, -0.15) is 0 Å². The summed E-state index contributed by atoms with van der Waals surface area (Å²) in [4.78, 5) is 24.9. The Morgan fingerprint density at radius 3 is 2.64 bits per heavy atom. The number of pyridine rings is 2. The summed E-state index contributed by atoms with van der Waals surface area (Å²) < 4.78 is 0. The SMILES string of the molecule is CNC(=O)c1ccc(N2CCN(Cc3ccnc(N)c3)CC2)c(C)n1. The first kappa shape index (κ1) is 17.2. The van der Waals surface area contributed by atoms with Gasteiger partial charge in [-0.1, -0.05) is 0 Å². The van der Waals surface area contributed by atoms with Gasteiger partial charge in [-0.25, -0.2) is 9.97 Å². The van der Waals surface area contributed by atoms with Crippen molar-refractivity contribution in [1.29, 1.82) is 0 Å². The van der Waals surface area contributed by atoms with Gasteiger partial charge in [-0.05, 0) is 36.8 Å². The molecule has 1 aliphatic heterocycles. The van der Waals surface area contributed by atoms with E-state index in [4.69, 9.17) is 5.73 Å². The normalized spacial score (nSPS) is 15.2. The molecule has 25 heavy (non-hydrogen) atoms. The van der Waals surface area contributed by atoms with Crippen LogP contribution in [0.1, 0.15) is 21.7 Å². The second-order valence-electron chi connectivity index (χ2n) is 6.23. The molecule has 7 heteroatoms. The molecule has 0 unspecified atom stereocenters.